The number of hydrogen-bond donors (Lipinski definition) is 1. The van der Waals surface area contributed by atoms with Crippen molar-refractivity contribution >= 4 is 17.5 Å². The summed E-state index contributed by atoms with van der Waals surface area (Å²) >= 11 is 5.82. The molecule has 1 heterocycles. The van der Waals surface area contributed by atoms with Crippen LogP contribution in [-0.2, 0) is 7.05 Å². The first-order valence-electron chi connectivity index (χ1n) is 6.08. The number of nitrogens with one attached hydrogen (secondary N) is 1. The SMILES string of the molecule is C[C@@H](NC(=O)c1ccc(=O)n(C)n1)c1ccc(Cl)cc1. The van der Waals surface area contributed by atoms with Crippen molar-refractivity contribution < 1.29 is 4.79 Å². The van der Waals surface area contributed by atoms with E-state index in [1.54, 1.807) is 12.1 Å². The fourth-order valence-corrected chi connectivity index (χ4v) is 1.85. The maximum atomic E-state index is 12.0. The molecular weight excluding hydrogens is 278 g/mol. The molecule has 1 amide bonds. The molecule has 1 aromatic carbocycles. The zero-order valence-corrected chi connectivity index (χ0v) is 11.9. The standard InChI is InChI=1S/C14H14ClN3O2/c1-9(10-3-5-11(15)6-4-10)16-14(20)12-7-8-13(19)18(2)17-12/h3-9H,1-2H3,(H,16,20)/t9-/m1/s1. The van der Waals surface area contributed by atoms with Gasteiger partial charge in [0, 0.05) is 18.1 Å². The molecule has 20 heavy (non-hydrogen) atoms. The summed E-state index contributed by atoms with van der Waals surface area (Å²) in [5, 5.41) is 7.37. The molecule has 6 heteroatoms. The number of rotatable bonds is 3. The first-order chi connectivity index (χ1) is 9.47. The van der Waals surface area contributed by atoms with Crippen LogP contribution in [0.2, 0.25) is 5.02 Å². The second kappa shape index (κ2) is 5.88. The maximum absolute atomic E-state index is 12.0. The molecule has 2 rings (SSSR count). The topological polar surface area (TPSA) is 64.0 Å². The summed E-state index contributed by atoms with van der Waals surface area (Å²) in [4.78, 5) is 23.3. The van der Waals surface area contributed by atoms with E-state index in [-0.39, 0.29) is 23.2 Å². The first-order valence-corrected chi connectivity index (χ1v) is 6.46. The van der Waals surface area contributed by atoms with E-state index in [4.69, 9.17) is 11.6 Å². The van der Waals surface area contributed by atoms with Crippen molar-refractivity contribution in [3.63, 3.8) is 0 Å². The number of hydrogen-bond acceptors (Lipinski definition) is 3. The molecule has 0 aliphatic rings. The van der Waals surface area contributed by atoms with Crippen LogP contribution in [0.1, 0.15) is 29.0 Å². The molecule has 1 atom stereocenters. The summed E-state index contributed by atoms with van der Waals surface area (Å²) in [7, 11) is 1.50. The fourth-order valence-electron chi connectivity index (χ4n) is 1.73. The Kier molecular flexibility index (Phi) is 4.20. The van der Waals surface area contributed by atoms with Crippen LogP contribution >= 0.6 is 11.6 Å². The number of halogens is 1. The summed E-state index contributed by atoms with van der Waals surface area (Å²) in [6.07, 6.45) is 0. The van der Waals surface area contributed by atoms with Gasteiger partial charge in [0.25, 0.3) is 11.5 Å². The molecule has 0 bridgehead atoms. The average molecular weight is 292 g/mol. The van der Waals surface area contributed by atoms with E-state index in [1.807, 2.05) is 19.1 Å². The summed E-state index contributed by atoms with van der Waals surface area (Å²) in [5.41, 5.74) is 0.882. The van der Waals surface area contributed by atoms with Crippen molar-refractivity contribution in [3.05, 3.63) is 63.0 Å². The monoisotopic (exact) mass is 291 g/mol. The van der Waals surface area contributed by atoms with Gasteiger partial charge in [0.15, 0.2) is 0 Å². The lowest BCUT2D eigenvalue weighted by Gasteiger charge is -2.14. The van der Waals surface area contributed by atoms with Crippen LogP contribution in [0.5, 0.6) is 0 Å². The van der Waals surface area contributed by atoms with Crippen LogP contribution in [0.3, 0.4) is 0 Å². The van der Waals surface area contributed by atoms with Gasteiger partial charge in [-0.2, -0.15) is 5.10 Å². The largest absolute Gasteiger partial charge is 0.344 e. The Balaban J connectivity index is 2.12. The lowest BCUT2D eigenvalue weighted by molar-refractivity contribution is 0.0932. The third-order valence-electron chi connectivity index (χ3n) is 2.91. The highest BCUT2D eigenvalue weighted by Crippen LogP contribution is 2.16. The highest BCUT2D eigenvalue weighted by Gasteiger charge is 2.13. The van der Waals surface area contributed by atoms with Crippen LogP contribution in [-0.4, -0.2) is 15.7 Å². The molecular formula is C14H14ClN3O2. The van der Waals surface area contributed by atoms with Gasteiger partial charge < -0.3 is 5.32 Å². The van der Waals surface area contributed by atoms with Gasteiger partial charge in [0.2, 0.25) is 0 Å². The number of amides is 1. The van der Waals surface area contributed by atoms with E-state index in [2.05, 4.69) is 10.4 Å². The van der Waals surface area contributed by atoms with Crippen molar-refractivity contribution in [1.82, 2.24) is 15.1 Å². The van der Waals surface area contributed by atoms with E-state index < -0.39 is 0 Å². The second-order valence-electron chi connectivity index (χ2n) is 4.43. The van der Waals surface area contributed by atoms with Gasteiger partial charge in [-0.1, -0.05) is 23.7 Å². The number of carbonyl (C=O) groups is 1. The number of nitrogens with zero attached hydrogens (tertiary/aromatic N) is 2. The minimum atomic E-state index is -0.331. The predicted octanol–water partition coefficient (Wildman–Crippen LogP) is 1.92. The van der Waals surface area contributed by atoms with E-state index in [0.717, 1.165) is 10.2 Å². The number of carbonyl (C=O) groups excluding carboxylic acids is 1. The highest BCUT2D eigenvalue weighted by atomic mass is 35.5. The summed E-state index contributed by atoms with van der Waals surface area (Å²) in [5.74, 6) is -0.331. The Morgan fingerprint density at radius 1 is 1.25 bits per heavy atom. The molecule has 0 aliphatic carbocycles. The molecule has 1 N–H and O–H groups in total. The van der Waals surface area contributed by atoms with Gasteiger partial charge in [-0.3, -0.25) is 9.59 Å². The lowest BCUT2D eigenvalue weighted by Crippen LogP contribution is -2.30. The third kappa shape index (κ3) is 3.24. The highest BCUT2D eigenvalue weighted by molar-refractivity contribution is 6.30. The molecule has 0 saturated heterocycles. The van der Waals surface area contributed by atoms with Gasteiger partial charge in [0.1, 0.15) is 5.69 Å². The molecule has 0 radical (unpaired) electrons. The Labute approximate surface area is 121 Å². The van der Waals surface area contributed by atoms with Gasteiger partial charge in [-0.25, -0.2) is 4.68 Å². The molecule has 0 unspecified atom stereocenters. The molecule has 0 spiro atoms. The molecule has 1 aromatic heterocycles. The lowest BCUT2D eigenvalue weighted by atomic mass is 10.1. The predicted molar refractivity (Wildman–Crippen MR) is 76.8 cm³/mol. The normalized spacial score (nSPS) is 11.9. The Hall–Kier alpha value is -2.14. The first kappa shape index (κ1) is 14.3. The van der Waals surface area contributed by atoms with Crippen molar-refractivity contribution in [3.8, 4) is 0 Å². The van der Waals surface area contributed by atoms with Gasteiger partial charge in [-0.15, -0.1) is 0 Å². The molecule has 104 valence electrons. The number of benzene rings is 1. The van der Waals surface area contributed by atoms with Gasteiger partial charge in [0.05, 0.1) is 6.04 Å². The van der Waals surface area contributed by atoms with E-state index in [1.165, 1.54) is 19.2 Å². The van der Waals surface area contributed by atoms with E-state index in [9.17, 15) is 9.59 Å². The Morgan fingerprint density at radius 3 is 2.50 bits per heavy atom. The van der Waals surface area contributed by atoms with Crippen molar-refractivity contribution in [2.24, 2.45) is 7.05 Å². The molecule has 2 aromatic rings. The Bertz CT molecular complexity index is 680. The van der Waals surface area contributed by atoms with Crippen LogP contribution in [0.25, 0.3) is 0 Å². The van der Waals surface area contributed by atoms with Crippen molar-refractivity contribution in [1.29, 1.82) is 0 Å². The van der Waals surface area contributed by atoms with E-state index >= 15 is 0 Å². The number of aryl methyl sites for hydroxylation is 1. The van der Waals surface area contributed by atoms with Crippen LogP contribution < -0.4 is 10.9 Å². The molecule has 5 nitrogen and oxygen atoms in total. The van der Waals surface area contributed by atoms with Gasteiger partial charge >= 0.3 is 0 Å². The van der Waals surface area contributed by atoms with E-state index in [0.29, 0.717) is 5.02 Å². The molecule has 0 aliphatic heterocycles. The zero-order chi connectivity index (χ0) is 14.7. The molecule has 0 fully saturated rings. The summed E-state index contributed by atoms with van der Waals surface area (Å²) in [6, 6.07) is 9.77. The van der Waals surface area contributed by atoms with Crippen molar-refractivity contribution in [2.75, 3.05) is 0 Å². The second-order valence-corrected chi connectivity index (χ2v) is 4.86. The van der Waals surface area contributed by atoms with Crippen LogP contribution in [0, 0.1) is 0 Å². The fraction of sp³-hybridized carbons (Fsp3) is 0.214. The minimum absolute atomic E-state index is 0.182. The van der Waals surface area contributed by atoms with Gasteiger partial charge in [-0.05, 0) is 30.7 Å². The summed E-state index contributed by atoms with van der Waals surface area (Å²) < 4.78 is 1.13. The Morgan fingerprint density at radius 2 is 1.90 bits per heavy atom. The van der Waals surface area contributed by atoms with Crippen LogP contribution in [0.4, 0.5) is 0 Å². The smallest absolute Gasteiger partial charge is 0.272 e. The molecule has 0 saturated carbocycles. The maximum Gasteiger partial charge on any atom is 0.272 e. The third-order valence-corrected chi connectivity index (χ3v) is 3.16. The van der Waals surface area contributed by atoms with Crippen LogP contribution in [0.15, 0.2) is 41.2 Å². The zero-order valence-electron chi connectivity index (χ0n) is 11.1. The summed E-state index contributed by atoms with van der Waals surface area (Å²) in [6.45, 7) is 1.86. The minimum Gasteiger partial charge on any atom is -0.344 e. The number of aromatic nitrogens is 2. The average Bonchev–Trinajstić information content (AvgIpc) is 2.42. The van der Waals surface area contributed by atoms with Crippen molar-refractivity contribution in [2.45, 2.75) is 13.0 Å². The quantitative estimate of drug-likeness (QED) is 0.940.